The lowest BCUT2D eigenvalue weighted by atomic mass is 10.0. The minimum atomic E-state index is -0.971. The smallest absolute Gasteiger partial charge is 0.152 e. The molecule has 0 radical (unpaired) electrons. The zero-order valence-corrected chi connectivity index (χ0v) is 12.2. The van der Waals surface area contributed by atoms with Gasteiger partial charge in [0.2, 0.25) is 0 Å². The van der Waals surface area contributed by atoms with E-state index in [2.05, 4.69) is 0 Å². The summed E-state index contributed by atoms with van der Waals surface area (Å²) in [5.41, 5.74) is 0.839. The molecule has 0 aliphatic heterocycles. The third-order valence-electron chi connectivity index (χ3n) is 3.37. The van der Waals surface area contributed by atoms with Crippen LogP contribution in [0, 0.1) is 0 Å². The molecule has 1 heterocycles. The van der Waals surface area contributed by atoms with Gasteiger partial charge in [-0.3, -0.25) is 0 Å². The Morgan fingerprint density at radius 1 is 1.00 bits per heavy atom. The Kier molecular flexibility index (Phi) is 4.20. The van der Waals surface area contributed by atoms with Crippen LogP contribution in [0.2, 0.25) is 0 Å². The third kappa shape index (κ3) is 2.93. The Labute approximate surface area is 127 Å². The molecule has 1 aromatic heterocycles. The third-order valence-corrected chi connectivity index (χ3v) is 4.26. The predicted octanol–water partition coefficient (Wildman–Crippen LogP) is 3.37. The molecule has 4 heteroatoms. The second-order valence-electron chi connectivity index (χ2n) is 4.79. The number of aliphatic hydroxyl groups is 2. The van der Waals surface area contributed by atoms with E-state index in [4.69, 9.17) is 4.74 Å². The predicted molar refractivity (Wildman–Crippen MR) is 84.7 cm³/mol. The fourth-order valence-electron chi connectivity index (χ4n) is 2.31. The average molecular weight is 300 g/mol. The normalized spacial score (nSPS) is 14.0. The number of aliphatic hydroxyl groups excluding tert-OH is 2. The Bertz CT molecular complexity index is 708. The molecule has 0 fully saturated rings. The lowest BCUT2D eigenvalue weighted by Crippen LogP contribution is -2.27. The van der Waals surface area contributed by atoms with Gasteiger partial charge in [0.1, 0.15) is 11.9 Å². The van der Waals surface area contributed by atoms with E-state index in [1.165, 1.54) is 0 Å². The molecule has 2 aromatic carbocycles. The van der Waals surface area contributed by atoms with Gasteiger partial charge in [0.05, 0.1) is 6.61 Å². The fraction of sp³-hybridized carbons (Fsp3) is 0.176. The van der Waals surface area contributed by atoms with Gasteiger partial charge in [-0.15, -0.1) is 11.3 Å². The minimum Gasteiger partial charge on any atom is -0.482 e. The summed E-state index contributed by atoms with van der Waals surface area (Å²) >= 11 is 1.65. The van der Waals surface area contributed by atoms with E-state index in [-0.39, 0.29) is 6.61 Å². The van der Waals surface area contributed by atoms with E-state index in [9.17, 15) is 10.2 Å². The van der Waals surface area contributed by atoms with Gasteiger partial charge in [-0.25, -0.2) is 0 Å². The molecule has 3 nitrogen and oxygen atoms in total. The molecule has 3 rings (SSSR count). The highest BCUT2D eigenvalue weighted by atomic mass is 32.1. The number of hydrogen-bond acceptors (Lipinski definition) is 4. The molecular weight excluding hydrogens is 284 g/mol. The van der Waals surface area contributed by atoms with Crippen LogP contribution < -0.4 is 4.74 Å². The van der Waals surface area contributed by atoms with Crippen LogP contribution in [-0.4, -0.2) is 22.9 Å². The Balaban J connectivity index is 1.97. The molecule has 108 valence electrons. The van der Waals surface area contributed by atoms with Gasteiger partial charge in [-0.05, 0) is 29.1 Å². The lowest BCUT2D eigenvalue weighted by Gasteiger charge is -2.23. The molecule has 3 aromatic rings. The fourth-order valence-corrected chi connectivity index (χ4v) is 3.12. The SMILES string of the molecule is OC[C@@H](O)[C@@H](Oc1cccc2sccc12)c1ccccc1. The van der Waals surface area contributed by atoms with Gasteiger partial charge in [-0.2, -0.15) is 0 Å². The highest BCUT2D eigenvalue weighted by Gasteiger charge is 2.23. The summed E-state index contributed by atoms with van der Waals surface area (Å²) in [5, 5.41) is 22.4. The highest BCUT2D eigenvalue weighted by molar-refractivity contribution is 7.17. The summed E-state index contributed by atoms with van der Waals surface area (Å²) < 4.78 is 7.16. The van der Waals surface area contributed by atoms with E-state index < -0.39 is 12.2 Å². The summed E-state index contributed by atoms with van der Waals surface area (Å²) in [5.74, 6) is 0.718. The summed E-state index contributed by atoms with van der Waals surface area (Å²) in [6.45, 7) is -0.348. The van der Waals surface area contributed by atoms with Crippen LogP contribution in [0.5, 0.6) is 5.75 Å². The molecule has 21 heavy (non-hydrogen) atoms. The van der Waals surface area contributed by atoms with E-state index in [1.807, 2.05) is 60.0 Å². The maximum Gasteiger partial charge on any atom is 0.152 e. The zero-order valence-electron chi connectivity index (χ0n) is 11.3. The highest BCUT2D eigenvalue weighted by Crippen LogP contribution is 2.33. The second kappa shape index (κ2) is 6.26. The first-order valence-corrected chi connectivity index (χ1v) is 7.64. The van der Waals surface area contributed by atoms with Crippen molar-refractivity contribution in [2.45, 2.75) is 12.2 Å². The maximum atomic E-state index is 10.1. The van der Waals surface area contributed by atoms with Gasteiger partial charge in [0.15, 0.2) is 6.10 Å². The number of ether oxygens (including phenoxy) is 1. The molecule has 2 N–H and O–H groups in total. The van der Waals surface area contributed by atoms with Crippen molar-refractivity contribution in [3.8, 4) is 5.75 Å². The number of hydrogen-bond donors (Lipinski definition) is 2. The summed E-state index contributed by atoms with van der Waals surface area (Å²) in [7, 11) is 0. The monoisotopic (exact) mass is 300 g/mol. The summed E-state index contributed by atoms with van der Waals surface area (Å²) in [4.78, 5) is 0. The Morgan fingerprint density at radius 3 is 2.57 bits per heavy atom. The second-order valence-corrected chi connectivity index (χ2v) is 5.74. The maximum absolute atomic E-state index is 10.1. The van der Waals surface area contributed by atoms with Crippen LogP contribution in [0.15, 0.2) is 60.0 Å². The number of rotatable bonds is 5. The van der Waals surface area contributed by atoms with Crippen molar-refractivity contribution in [1.82, 2.24) is 0 Å². The van der Waals surface area contributed by atoms with Crippen molar-refractivity contribution in [3.63, 3.8) is 0 Å². The van der Waals surface area contributed by atoms with E-state index in [0.29, 0.717) is 0 Å². The molecule has 0 aliphatic rings. The molecule has 0 unspecified atom stereocenters. The Morgan fingerprint density at radius 2 is 1.81 bits per heavy atom. The van der Waals surface area contributed by atoms with Gasteiger partial charge in [-0.1, -0.05) is 36.4 Å². The summed E-state index contributed by atoms with van der Waals surface area (Å²) in [6.07, 6.45) is -1.57. The van der Waals surface area contributed by atoms with Crippen molar-refractivity contribution in [2.24, 2.45) is 0 Å². The first-order chi connectivity index (χ1) is 10.3. The molecule has 0 saturated carbocycles. The van der Waals surface area contributed by atoms with Crippen molar-refractivity contribution in [2.75, 3.05) is 6.61 Å². The van der Waals surface area contributed by atoms with Crippen molar-refractivity contribution in [3.05, 3.63) is 65.5 Å². The Hall–Kier alpha value is -1.88. The lowest BCUT2D eigenvalue weighted by molar-refractivity contribution is -0.00122. The standard InChI is InChI=1S/C17H16O3S/c18-11-14(19)17(12-5-2-1-3-6-12)20-15-7-4-8-16-13(15)9-10-21-16/h1-10,14,17-19H,11H2/t14-,17+/m1/s1. The van der Waals surface area contributed by atoms with Gasteiger partial charge in [0.25, 0.3) is 0 Å². The van der Waals surface area contributed by atoms with Gasteiger partial charge in [0, 0.05) is 10.1 Å². The summed E-state index contributed by atoms with van der Waals surface area (Å²) in [6, 6.07) is 17.3. The van der Waals surface area contributed by atoms with Crippen LogP contribution >= 0.6 is 11.3 Å². The number of fused-ring (bicyclic) bond motifs is 1. The first kappa shape index (κ1) is 14.1. The van der Waals surface area contributed by atoms with Crippen molar-refractivity contribution >= 4 is 21.4 Å². The van der Waals surface area contributed by atoms with Crippen LogP contribution in [0.4, 0.5) is 0 Å². The first-order valence-electron chi connectivity index (χ1n) is 6.76. The van der Waals surface area contributed by atoms with Crippen molar-refractivity contribution in [1.29, 1.82) is 0 Å². The molecule has 0 bridgehead atoms. The van der Waals surface area contributed by atoms with Crippen LogP contribution in [-0.2, 0) is 0 Å². The molecular formula is C17H16O3S. The van der Waals surface area contributed by atoms with E-state index >= 15 is 0 Å². The topological polar surface area (TPSA) is 49.7 Å². The zero-order chi connectivity index (χ0) is 14.7. The average Bonchev–Trinajstić information content (AvgIpc) is 3.02. The van der Waals surface area contributed by atoms with Crippen molar-refractivity contribution < 1.29 is 14.9 Å². The molecule has 0 aliphatic carbocycles. The largest absolute Gasteiger partial charge is 0.482 e. The molecule has 0 saturated heterocycles. The van der Waals surface area contributed by atoms with E-state index in [1.54, 1.807) is 11.3 Å². The van der Waals surface area contributed by atoms with Crippen LogP contribution in [0.25, 0.3) is 10.1 Å². The van der Waals surface area contributed by atoms with Gasteiger partial charge < -0.3 is 14.9 Å². The molecule has 2 atom stereocenters. The minimum absolute atomic E-state index is 0.348. The van der Waals surface area contributed by atoms with Gasteiger partial charge >= 0.3 is 0 Å². The van der Waals surface area contributed by atoms with Crippen LogP contribution in [0.3, 0.4) is 0 Å². The molecule has 0 spiro atoms. The quantitative estimate of drug-likeness (QED) is 0.759. The number of benzene rings is 2. The van der Waals surface area contributed by atoms with E-state index in [0.717, 1.165) is 21.4 Å². The van der Waals surface area contributed by atoms with Crippen LogP contribution in [0.1, 0.15) is 11.7 Å². The molecule has 0 amide bonds. The number of thiophene rings is 1.